The molecular weight excluding hydrogens is 570 g/mol. The van der Waals surface area contributed by atoms with Gasteiger partial charge in [-0.2, -0.15) is 0 Å². The molecule has 2 amide bonds. The van der Waals surface area contributed by atoms with E-state index in [0.29, 0.717) is 42.1 Å². The summed E-state index contributed by atoms with van der Waals surface area (Å²) in [5, 5.41) is 30.9. The van der Waals surface area contributed by atoms with Crippen molar-refractivity contribution >= 4 is 23.5 Å². The van der Waals surface area contributed by atoms with Gasteiger partial charge in [-0.15, -0.1) is 0 Å². The van der Waals surface area contributed by atoms with Crippen molar-refractivity contribution in [2.75, 3.05) is 50.0 Å². The Morgan fingerprint density at radius 1 is 0.956 bits per heavy atom. The molecule has 0 saturated carbocycles. The van der Waals surface area contributed by atoms with Crippen molar-refractivity contribution in [3.05, 3.63) is 77.1 Å². The highest BCUT2D eigenvalue weighted by Gasteiger charge is 2.35. The summed E-state index contributed by atoms with van der Waals surface area (Å²) in [7, 11) is 1.60. The molecule has 1 aromatic heterocycles. The molecule has 3 aromatic rings. The number of anilines is 2. The van der Waals surface area contributed by atoms with Crippen LogP contribution in [0.2, 0.25) is 0 Å². The lowest BCUT2D eigenvalue weighted by molar-refractivity contribution is 0.0254. The zero-order chi connectivity index (χ0) is 32.0. The Morgan fingerprint density at radius 2 is 1.76 bits per heavy atom. The molecule has 11 heteroatoms. The number of phenols is 1. The minimum absolute atomic E-state index is 0.0466. The Bertz CT molecular complexity index is 1500. The van der Waals surface area contributed by atoms with Crippen molar-refractivity contribution in [3.63, 3.8) is 0 Å². The van der Waals surface area contributed by atoms with Gasteiger partial charge >= 0.3 is 0 Å². The van der Waals surface area contributed by atoms with E-state index in [4.69, 9.17) is 0 Å². The monoisotopic (exact) mass is 615 g/mol. The summed E-state index contributed by atoms with van der Waals surface area (Å²) < 4.78 is 0. The number of carbonyl (C=O) groups excluding carboxylic acids is 2. The van der Waals surface area contributed by atoms with Gasteiger partial charge in [0.2, 0.25) is 0 Å². The molecule has 0 radical (unpaired) electrons. The van der Waals surface area contributed by atoms with Crippen molar-refractivity contribution in [1.82, 2.24) is 25.5 Å². The van der Waals surface area contributed by atoms with Crippen LogP contribution in [-0.2, 0) is 13.1 Å². The Labute approximate surface area is 265 Å². The Hall–Kier alpha value is -4.22. The van der Waals surface area contributed by atoms with Crippen molar-refractivity contribution in [2.24, 2.45) is 5.41 Å². The minimum Gasteiger partial charge on any atom is -0.507 e. The van der Waals surface area contributed by atoms with Crippen LogP contribution in [0.5, 0.6) is 5.75 Å². The fourth-order valence-corrected chi connectivity index (χ4v) is 6.01. The number of benzene rings is 2. The average Bonchev–Trinajstić information content (AvgIpc) is 3.04. The first-order valence-corrected chi connectivity index (χ1v) is 15.7. The third-order valence-corrected chi connectivity index (χ3v) is 8.92. The van der Waals surface area contributed by atoms with Crippen molar-refractivity contribution in [1.29, 1.82) is 0 Å². The van der Waals surface area contributed by atoms with Crippen molar-refractivity contribution < 1.29 is 19.8 Å². The zero-order valence-corrected chi connectivity index (χ0v) is 26.5. The molecule has 2 fully saturated rings. The van der Waals surface area contributed by atoms with E-state index in [1.54, 1.807) is 25.2 Å². The van der Waals surface area contributed by atoms with E-state index in [-0.39, 0.29) is 30.3 Å². The number of rotatable bonds is 10. The first kappa shape index (κ1) is 32.2. The number of β-amino-alcohol motifs (C(OH)–C–C–N with tert-alkyl or cyclic N) is 1. The van der Waals surface area contributed by atoms with Crippen LogP contribution < -0.4 is 20.9 Å². The molecule has 0 spiro atoms. The number of phenolic OH excluding ortho intramolecular Hbond substituents is 1. The smallest absolute Gasteiger partial charge is 0.255 e. The lowest BCUT2D eigenvalue weighted by atomic mass is 9.82. The highest BCUT2D eigenvalue weighted by atomic mass is 16.3. The van der Waals surface area contributed by atoms with Gasteiger partial charge in [-0.25, -0.2) is 9.97 Å². The predicted octanol–water partition coefficient (Wildman–Crippen LogP) is 3.54. The molecule has 2 aliphatic heterocycles. The number of nitrogens with zero attached hydrogens (tertiary/aromatic N) is 4. The number of carbonyl (C=O) groups is 2. The molecular formula is C34H45N7O4. The number of piperidine rings is 2. The van der Waals surface area contributed by atoms with Gasteiger partial charge in [0.05, 0.1) is 11.2 Å². The van der Waals surface area contributed by atoms with E-state index in [1.165, 1.54) is 6.33 Å². The van der Waals surface area contributed by atoms with Gasteiger partial charge in [0.25, 0.3) is 11.8 Å². The number of hydrogen-bond donors (Lipinski definition) is 5. The second kappa shape index (κ2) is 13.8. The summed E-state index contributed by atoms with van der Waals surface area (Å²) in [4.78, 5) is 38.1. The Morgan fingerprint density at radius 3 is 2.51 bits per heavy atom. The topological polar surface area (TPSA) is 143 Å². The molecule has 5 rings (SSSR count). The number of likely N-dealkylation sites (tertiary alicyclic amines) is 1. The van der Waals surface area contributed by atoms with E-state index < -0.39 is 11.5 Å². The van der Waals surface area contributed by atoms with Gasteiger partial charge in [-0.3, -0.25) is 14.5 Å². The summed E-state index contributed by atoms with van der Waals surface area (Å²) in [5.41, 5.74) is 1.91. The number of nitrogens with one attached hydrogen (secondary N) is 3. The molecule has 11 nitrogen and oxygen atoms in total. The SMILES string of the molecule is CNC(=O)c1cccc(CNc2cc(N3CCC[C@@](O)(CNC(=O)c4ccc(CN5CCC(C)(C)CC5)cc4O)C3)ncn2)c1. The summed E-state index contributed by atoms with van der Waals surface area (Å²) >= 11 is 0. The number of aliphatic hydroxyl groups is 1. The van der Waals surface area contributed by atoms with Crippen LogP contribution in [0.15, 0.2) is 54.9 Å². The van der Waals surface area contributed by atoms with E-state index >= 15 is 0 Å². The largest absolute Gasteiger partial charge is 0.507 e. The first-order valence-electron chi connectivity index (χ1n) is 15.7. The Balaban J connectivity index is 1.15. The maximum absolute atomic E-state index is 13.0. The highest BCUT2D eigenvalue weighted by Crippen LogP contribution is 2.31. The van der Waals surface area contributed by atoms with Crippen LogP contribution in [0, 0.1) is 5.41 Å². The van der Waals surface area contributed by atoms with Crippen LogP contribution in [0.3, 0.4) is 0 Å². The molecule has 2 aliphatic rings. The van der Waals surface area contributed by atoms with Gasteiger partial charge in [0.1, 0.15) is 23.7 Å². The van der Waals surface area contributed by atoms with Crippen LogP contribution in [0.4, 0.5) is 11.6 Å². The van der Waals surface area contributed by atoms with Gasteiger partial charge in [0, 0.05) is 51.4 Å². The van der Waals surface area contributed by atoms with Gasteiger partial charge < -0.3 is 31.1 Å². The summed E-state index contributed by atoms with van der Waals surface area (Å²) in [6.45, 7) is 8.90. The average molecular weight is 616 g/mol. The molecule has 0 aliphatic carbocycles. The maximum atomic E-state index is 13.0. The third kappa shape index (κ3) is 8.49. The van der Waals surface area contributed by atoms with Crippen LogP contribution in [0.25, 0.3) is 0 Å². The van der Waals surface area contributed by atoms with Crippen LogP contribution in [0.1, 0.15) is 71.4 Å². The summed E-state index contributed by atoms with van der Waals surface area (Å²) in [6, 6.07) is 14.4. The molecule has 2 aromatic carbocycles. The standard InChI is InChI=1S/C34H45N7O4/c1-33(2)11-14-40(15-12-33)20-25-8-9-27(28(42)17-25)32(44)37-21-34(45)10-5-13-41(22-34)30-18-29(38-23-39-30)36-19-24-6-4-7-26(16-24)31(43)35-3/h4,6-9,16-18,23,42,45H,5,10-15,19-22H2,1-3H3,(H,35,43)(H,37,44)(H,36,38,39)/t34-/m1/s1. The molecule has 45 heavy (non-hydrogen) atoms. The van der Waals surface area contributed by atoms with E-state index in [1.807, 2.05) is 35.2 Å². The first-order chi connectivity index (χ1) is 21.5. The molecule has 240 valence electrons. The molecule has 5 N–H and O–H groups in total. The number of aromatic nitrogens is 2. The lowest BCUT2D eigenvalue weighted by Crippen LogP contribution is -2.54. The quantitative estimate of drug-likeness (QED) is 0.231. The van der Waals surface area contributed by atoms with Crippen molar-refractivity contribution in [3.8, 4) is 5.75 Å². The Kier molecular flexibility index (Phi) is 9.89. The molecule has 0 bridgehead atoms. The van der Waals surface area contributed by atoms with E-state index in [2.05, 4.69) is 44.7 Å². The number of amides is 2. The fraction of sp³-hybridized carbons (Fsp3) is 0.471. The summed E-state index contributed by atoms with van der Waals surface area (Å²) in [6.07, 6.45) is 5.02. The fourth-order valence-electron chi connectivity index (χ4n) is 6.01. The van der Waals surface area contributed by atoms with E-state index in [0.717, 1.165) is 50.0 Å². The van der Waals surface area contributed by atoms with Crippen LogP contribution in [-0.4, -0.2) is 82.3 Å². The molecule has 3 heterocycles. The summed E-state index contributed by atoms with van der Waals surface area (Å²) in [5.74, 6) is 0.675. The van der Waals surface area contributed by atoms with Gasteiger partial charge in [0.15, 0.2) is 0 Å². The van der Waals surface area contributed by atoms with Crippen molar-refractivity contribution in [2.45, 2.75) is 58.2 Å². The zero-order valence-electron chi connectivity index (χ0n) is 26.5. The molecule has 2 saturated heterocycles. The third-order valence-electron chi connectivity index (χ3n) is 8.92. The van der Waals surface area contributed by atoms with Gasteiger partial charge in [-0.05, 0) is 79.6 Å². The van der Waals surface area contributed by atoms with Crippen LogP contribution >= 0.6 is 0 Å². The molecule has 1 atom stereocenters. The highest BCUT2D eigenvalue weighted by molar-refractivity contribution is 5.97. The number of aromatic hydroxyl groups is 1. The predicted molar refractivity (Wildman–Crippen MR) is 174 cm³/mol. The molecule has 0 unspecified atom stereocenters. The van der Waals surface area contributed by atoms with E-state index in [9.17, 15) is 19.8 Å². The second-order valence-corrected chi connectivity index (χ2v) is 13.1. The normalized spacial score (nSPS) is 20.0. The number of hydrogen-bond acceptors (Lipinski definition) is 9. The second-order valence-electron chi connectivity index (χ2n) is 13.1. The maximum Gasteiger partial charge on any atom is 0.255 e. The minimum atomic E-state index is -1.16. The van der Waals surface area contributed by atoms with Gasteiger partial charge in [-0.1, -0.05) is 32.0 Å². The lowest BCUT2D eigenvalue weighted by Gasteiger charge is -2.40.